The second-order valence-corrected chi connectivity index (χ2v) is 11.7. The van der Waals surface area contributed by atoms with Crippen LogP contribution in [0.1, 0.15) is 74.1 Å². The number of carbonyl (C=O) groups excluding carboxylic acids is 2. The molecule has 1 fully saturated rings. The number of aliphatic hydroxyl groups is 3. The first kappa shape index (κ1) is 34.2. The molecule has 11 atom stereocenters. The fourth-order valence-corrected chi connectivity index (χ4v) is 5.32. The number of allylic oxidation sites excluding steroid dienone is 2. The van der Waals surface area contributed by atoms with Crippen LogP contribution < -0.4 is 0 Å². The average Bonchev–Trinajstić information content (AvgIpc) is 3.68. The van der Waals surface area contributed by atoms with Gasteiger partial charge in [-0.25, -0.2) is 0 Å². The molecule has 228 valence electrons. The van der Waals surface area contributed by atoms with Gasteiger partial charge in [0, 0.05) is 31.8 Å². The Morgan fingerprint density at radius 2 is 1.93 bits per heavy atom. The summed E-state index contributed by atoms with van der Waals surface area (Å²) < 4.78 is 22.5. The van der Waals surface area contributed by atoms with Crippen molar-refractivity contribution in [2.45, 2.75) is 122 Å². The van der Waals surface area contributed by atoms with E-state index in [4.69, 9.17) is 18.9 Å². The van der Waals surface area contributed by atoms with Crippen molar-refractivity contribution >= 4 is 11.9 Å². The fourth-order valence-electron chi connectivity index (χ4n) is 5.32. The third-order valence-electron chi connectivity index (χ3n) is 8.09. The van der Waals surface area contributed by atoms with E-state index in [9.17, 15) is 24.9 Å². The maximum Gasteiger partial charge on any atom is 0.309 e. The lowest BCUT2D eigenvalue weighted by Crippen LogP contribution is -2.42. The van der Waals surface area contributed by atoms with Crippen molar-refractivity contribution in [1.29, 1.82) is 0 Å². The Hall–Kier alpha value is -2.04. The van der Waals surface area contributed by atoms with Gasteiger partial charge in [-0.3, -0.25) is 9.59 Å². The van der Waals surface area contributed by atoms with Gasteiger partial charge in [0.05, 0.1) is 30.8 Å². The van der Waals surface area contributed by atoms with E-state index in [0.29, 0.717) is 0 Å². The monoisotopic (exact) mass is 566 g/mol. The van der Waals surface area contributed by atoms with Crippen molar-refractivity contribution in [3.05, 3.63) is 36.0 Å². The van der Waals surface area contributed by atoms with Crippen LogP contribution in [0.4, 0.5) is 0 Å². The summed E-state index contributed by atoms with van der Waals surface area (Å²) in [6.07, 6.45) is 6.42. The van der Waals surface area contributed by atoms with Crippen molar-refractivity contribution < 1.29 is 43.9 Å². The number of rotatable bonds is 10. The number of aliphatic hydroxyl groups excluding tert-OH is 2. The summed E-state index contributed by atoms with van der Waals surface area (Å²) in [5, 5.41) is 32.2. The zero-order chi connectivity index (χ0) is 30.2. The van der Waals surface area contributed by atoms with E-state index in [-0.39, 0.29) is 55.3 Å². The van der Waals surface area contributed by atoms with E-state index in [1.165, 1.54) is 6.92 Å². The Labute approximate surface area is 239 Å². The largest absolute Gasteiger partial charge is 0.457 e. The molecule has 0 bridgehead atoms. The quantitative estimate of drug-likeness (QED) is 0.157. The molecule has 2 aliphatic heterocycles. The van der Waals surface area contributed by atoms with Gasteiger partial charge in [0.2, 0.25) is 0 Å². The Bertz CT molecular complexity index is 920. The molecule has 2 aliphatic rings. The molecule has 0 unspecified atom stereocenters. The van der Waals surface area contributed by atoms with Crippen LogP contribution in [-0.2, 0) is 28.5 Å². The molecule has 40 heavy (non-hydrogen) atoms. The van der Waals surface area contributed by atoms with Crippen LogP contribution in [0, 0.1) is 17.8 Å². The highest BCUT2D eigenvalue weighted by atomic mass is 16.6. The van der Waals surface area contributed by atoms with Gasteiger partial charge in [-0.1, -0.05) is 52.0 Å². The maximum absolute atomic E-state index is 12.6. The molecule has 9 nitrogen and oxygen atoms in total. The maximum atomic E-state index is 12.6. The molecule has 0 saturated carbocycles. The molecule has 2 heterocycles. The molecule has 0 aliphatic carbocycles. The smallest absolute Gasteiger partial charge is 0.309 e. The zero-order valence-electron chi connectivity index (χ0n) is 25.3. The number of hydrogen-bond acceptors (Lipinski definition) is 9. The Kier molecular flexibility index (Phi) is 13.0. The predicted molar refractivity (Wildman–Crippen MR) is 151 cm³/mol. The molecular weight excluding hydrogens is 516 g/mol. The number of methoxy groups -OCH3 is 1. The fraction of sp³-hybridized carbons (Fsp3) is 0.742. The number of esters is 2. The van der Waals surface area contributed by atoms with Gasteiger partial charge in [0.25, 0.3) is 0 Å². The number of cyclic esters (lactones) is 1. The predicted octanol–water partition coefficient (Wildman–Crippen LogP) is 3.65. The van der Waals surface area contributed by atoms with Gasteiger partial charge in [-0.05, 0) is 44.8 Å². The number of hydrogen-bond donors (Lipinski definition) is 3. The summed E-state index contributed by atoms with van der Waals surface area (Å²) >= 11 is 0. The van der Waals surface area contributed by atoms with Crippen LogP contribution in [-0.4, -0.2) is 82.7 Å². The molecule has 0 aromatic rings. The van der Waals surface area contributed by atoms with Gasteiger partial charge in [-0.2, -0.15) is 0 Å². The lowest BCUT2D eigenvalue weighted by atomic mass is 9.88. The van der Waals surface area contributed by atoms with Crippen molar-refractivity contribution in [3.63, 3.8) is 0 Å². The summed E-state index contributed by atoms with van der Waals surface area (Å²) in [6.45, 7) is 12.6. The van der Waals surface area contributed by atoms with Gasteiger partial charge in [0.1, 0.15) is 23.9 Å². The van der Waals surface area contributed by atoms with Crippen LogP contribution >= 0.6 is 0 Å². The second kappa shape index (κ2) is 15.3. The van der Waals surface area contributed by atoms with Gasteiger partial charge >= 0.3 is 11.9 Å². The minimum absolute atomic E-state index is 0.0387. The van der Waals surface area contributed by atoms with Crippen molar-refractivity contribution in [2.75, 3.05) is 7.11 Å². The second-order valence-electron chi connectivity index (χ2n) is 11.7. The number of ether oxygens (including phenoxy) is 4. The van der Waals surface area contributed by atoms with E-state index >= 15 is 0 Å². The van der Waals surface area contributed by atoms with E-state index in [1.807, 2.05) is 39.0 Å². The minimum Gasteiger partial charge on any atom is -0.457 e. The van der Waals surface area contributed by atoms with Gasteiger partial charge < -0.3 is 34.3 Å². The third kappa shape index (κ3) is 9.80. The first-order valence-electron chi connectivity index (χ1n) is 14.4. The van der Waals surface area contributed by atoms with E-state index < -0.39 is 42.0 Å². The number of epoxide rings is 1. The summed E-state index contributed by atoms with van der Waals surface area (Å²) in [7, 11) is 1.69. The Morgan fingerprint density at radius 3 is 2.52 bits per heavy atom. The average molecular weight is 567 g/mol. The molecule has 0 radical (unpaired) electrons. The Balaban J connectivity index is 2.16. The first-order valence-corrected chi connectivity index (χ1v) is 14.4. The molecule has 9 heteroatoms. The van der Waals surface area contributed by atoms with Crippen molar-refractivity contribution in [2.24, 2.45) is 17.8 Å². The van der Waals surface area contributed by atoms with Crippen LogP contribution in [0.25, 0.3) is 0 Å². The lowest BCUT2D eigenvalue weighted by Gasteiger charge is -2.32. The van der Waals surface area contributed by atoms with Crippen LogP contribution in [0.2, 0.25) is 0 Å². The zero-order valence-corrected chi connectivity index (χ0v) is 25.3. The molecule has 0 aromatic heterocycles. The first-order chi connectivity index (χ1) is 18.7. The van der Waals surface area contributed by atoms with E-state index in [0.717, 1.165) is 12.0 Å². The molecule has 0 amide bonds. The molecule has 1 saturated heterocycles. The topological polar surface area (TPSA) is 135 Å². The number of carbonyl (C=O) groups is 2. The van der Waals surface area contributed by atoms with Crippen molar-refractivity contribution in [1.82, 2.24) is 0 Å². The molecular formula is C31H50O9. The highest BCUT2D eigenvalue weighted by Crippen LogP contribution is 2.37. The lowest BCUT2D eigenvalue weighted by molar-refractivity contribution is -0.157. The van der Waals surface area contributed by atoms with Gasteiger partial charge in [-0.15, -0.1) is 0 Å². The standard InChI is InChI=1S/C31H50O9/c1-9-24(37-8)21(5)29-30(40-29)27(35)18(2)11-10-12-19(3)28-20(4)13-14-25(38-22(6)32)31(7,36)16-15-23(33)17-26(34)39-28/h10-14,18,20-21,23-25,27-30,33,35-36H,9,15-17H2,1-8H3/b11-10+,14-13+,19-12+/t18-,20+,21-,23-,24+,25-,27+,28-,29-,30-,31-/m1/s1. The Morgan fingerprint density at radius 1 is 1.25 bits per heavy atom. The van der Waals surface area contributed by atoms with Crippen LogP contribution in [0.15, 0.2) is 36.0 Å². The summed E-state index contributed by atoms with van der Waals surface area (Å²) in [5.41, 5.74) is -0.666. The highest BCUT2D eigenvalue weighted by molar-refractivity contribution is 5.70. The van der Waals surface area contributed by atoms with E-state index in [2.05, 4.69) is 13.8 Å². The summed E-state index contributed by atoms with van der Waals surface area (Å²) in [4.78, 5) is 24.3. The minimum atomic E-state index is -1.42. The van der Waals surface area contributed by atoms with Crippen LogP contribution in [0.5, 0.6) is 0 Å². The molecule has 0 aromatic carbocycles. The summed E-state index contributed by atoms with van der Waals surface area (Å²) in [5.74, 6) is -1.39. The summed E-state index contributed by atoms with van der Waals surface area (Å²) in [6, 6.07) is 0. The van der Waals surface area contributed by atoms with Gasteiger partial charge in [0.15, 0.2) is 0 Å². The molecule has 2 rings (SSSR count). The van der Waals surface area contributed by atoms with E-state index in [1.54, 1.807) is 26.2 Å². The highest BCUT2D eigenvalue weighted by Gasteiger charge is 2.50. The molecule has 3 N–H and O–H groups in total. The third-order valence-corrected chi connectivity index (χ3v) is 8.09. The van der Waals surface area contributed by atoms with Crippen molar-refractivity contribution in [3.8, 4) is 0 Å². The van der Waals surface area contributed by atoms with Crippen LogP contribution in [0.3, 0.4) is 0 Å². The SMILES string of the molecule is CC[C@H](OC)[C@@H](C)[C@H]1O[C@@H]1[C@@H](O)[C@H](C)/C=C/C=C(\C)[C@H]1OC(=O)C[C@H](O)CC[C@@](C)(O)[C@H](OC(C)=O)/C=C/[C@@H]1C. The normalized spacial score (nSPS) is 36.0. The molecule has 0 spiro atoms.